The van der Waals surface area contributed by atoms with Crippen LogP contribution in [0, 0.1) is 0 Å². The maximum atomic E-state index is 13.2. The van der Waals surface area contributed by atoms with Gasteiger partial charge in [-0.25, -0.2) is 9.59 Å². The lowest BCUT2D eigenvalue weighted by Crippen LogP contribution is -2.80. The molecule has 3 amide bonds. The maximum Gasteiger partial charge on any atom is 0.342 e. The number of nitrogens with zero attached hydrogens (tertiary/aromatic N) is 2. The number of likely N-dealkylation sites (tertiary alicyclic amines) is 1. The molecule has 0 radical (unpaired) electrons. The number of carbonyl (C=O) groups is 2. The first kappa shape index (κ1) is 25.1. The number of benzene rings is 1. The summed E-state index contributed by atoms with van der Waals surface area (Å²) in [5.41, 5.74) is 0.911. The van der Waals surface area contributed by atoms with Crippen molar-refractivity contribution in [3.8, 4) is 0 Å². The molecule has 4 rings (SSSR count). The van der Waals surface area contributed by atoms with E-state index < -0.39 is 11.6 Å². The Kier molecular flexibility index (Phi) is 7.65. The topological polar surface area (TPSA) is 67.9 Å². The smallest absolute Gasteiger partial charge is 0.342 e. The Hall–Kier alpha value is -1.96. The second kappa shape index (κ2) is 10.3. The van der Waals surface area contributed by atoms with Crippen LogP contribution in [0.5, 0.6) is 0 Å². The first-order valence-electron chi connectivity index (χ1n) is 13.0. The Morgan fingerprint density at radius 3 is 2.59 bits per heavy atom. The van der Waals surface area contributed by atoms with E-state index >= 15 is 0 Å². The van der Waals surface area contributed by atoms with Crippen LogP contribution < -0.4 is 5.32 Å². The van der Waals surface area contributed by atoms with Gasteiger partial charge in [0.15, 0.2) is 11.6 Å². The Balaban J connectivity index is 1.49. The Morgan fingerprint density at radius 1 is 1.21 bits per heavy atom. The summed E-state index contributed by atoms with van der Waals surface area (Å²) in [6.45, 7) is 5.90. The van der Waals surface area contributed by atoms with Crippen molar-refractivity contribution in [3.05, 3.63) is 35.9 Å². The molecule has 2 saturated heterocycles. The van der Waals surface area contributed by atoms with Gasteiger partial charge in [-0.2, -0.15) is 0 Å². The molecular weight excluding hydrogens is 430 g/mol. The Morgan fingerprint density at radius 2 is 1.91 bits per heavy atom. The van der Waals surface area contributed by atoms with E-state index in [4.69, 9.17) is 9.47 Å². The van der Waals surface area contributed by atoms with Gasteiger partial charge >= 0.3 is 11.9 Å². The van der Waals surface area contributed by atoms with Crippen LogP contribution >= 0.6 is 0 Å². The van der Waals surface area contributed by atoms with Gasteiger partial charge in [-0.05, 0) is 57.4 Å². The molecule has 1 aromatic rings. The van der Waals surface area contributed by atoms with Crippen LogP contribution in [0.15, 0.2) is 30.3 Å². The zero-order valence-electron chi connectivity index (χ0n) is 21.3. The molecule has 0 bridgehead atoms. The van der Waals surface area contributed by atoms with E-state index in [9.17, 15) is 9.59 Å². The number of rotatable bonds is 5. The van der Waals surface area contributed by atoms with Gasteiger partial charge in [-0.1, -0.05) is 30.3 Å². The number of ether oxygens (including phenoxy) is 2. The lowest BCUT2D eigenvalue weighted by molar-refractivity contribution is -0.884. The third-order valence-corrected chi connectivity index (χ3v) is 8.62. The molecular formula is C27H42N3O4+. The molecule has 3 fully saturated rings. The molecule has 3 aliphatic rings. The Bertz CT molecular complexity index is 853. The molecule has 1 N–H and O–H groups in total. The SMILES string of the molecule is CCNC(=O)N1CCC[C@@]2(CO[C@@H](C)C(=O)[N+]2(C)C)[C@@H]1COC1CCC(c2ccccc2)CC1. The highest BCUT2D eigenvalue weighted by Gasteiger charge is 2.63. The van der Waals surface area contributed by atoms with Crippen LogP contribution in [-0.4, -0.2) is 85.5 Å². The first-order chi connectivity index (χ1) is 16.3. The number of nitrogens with one attached hydrogen (secondary N) is 1. The summed E-state index contributed by atoms with van der Waals surface area (Å²) in [5.74, 6) is 0.660. The van der Waals surface area contributed by atoms with Crippen molar-refractivity contribution < 1.29 is 23.5 Å². The summed E-state index contributed by atoms with van der Waals surface area (Å²) in [6.07, 6.45) is 5.71. The predicted octanol–water partition coefficient (Wildman–Crippen LogP) is 3.68. The predicted molar refractivity (Wildman–Crippen MR) is 131 cm³/mol. The molecule has 188 valence electrons. The normalized spacial score (nSPS) is 33.6. The molecule has 0 aromatic heterocycles. The number of morpholine rings is 1. The number of likely N-dealkylation sites (N-methyl/N-ethyl adjacent to an activating group) is 1. The molecule has 1 spiro atoms. The van der Waals surface area contributed by atoms with Gasteiger partial charge in [0.05, 0.1) is 26.8 Å². The number of hydrogen-bond donors (Lipinski definition) is 1. The van der Waals surface area contributed by atoms with Crippen LogP contribution in [0.25, 0.3) is 0 Å². The molecule has 3 atom stereocenters. The van der Waals surface area contributed by atoms with Crippen LogP contribution in [0.3, 0.4) is 0 Å². The van der Waals surface area contributed by atoms with Gasteiger partial charge in [0.25, 0.3) is 0 Å². The van der Waals surface area contributed by atoms with Gasteiger partial charge < -0.3 is 19.7 Å². The zero-order chi connectivity index (χ0) is 24.3. The minimum atomic E-state index is -0.506. The molecule has 2 aliphatic heterocycles. The maximum absolute atomic E-state index is 13.2. The molecule has 7 nitrogen and oxygen atoms in total. The molecule has 2 heterocycles. The second-order valence-electron chi connectivity index (χ2n) is 10.7. The number of quaternary nitrogens is 1. The van der Waals surface area contributed by atoms with Crippen LogP contribution in [0.4, 0.5) is 4.79 Å². The number of urea groups is 1. The van der Waals surface area contributed by atoms with Gasteiger partial charge in [0.2, 0.25) is 0 Å². The quantitative estimate of drug-likeness (QED) is 0.664. The van der Waals surface area contributed by atoms with Crippen molar-refractivity contribution >= 4 is 11.9 Å². The first-order valence-corrected chi connectivity index (χ1v) is 13.0. The lowest BCUT2D eigenvalue weighted by atomic mass is 9.77. The van der Waals surface area contributed by atoms with Crippen molar-refractivity contribution in [3.63, 3.8) is 0 Å². The summed E-state index contributed by atoms with van der Waals surface area (Å²) in [6, 6.07) is 10.5. The fourth-order valence-corrected chi connectivity index (χ4v) is 6.42. The fourth-order valence-electron chi connectivity index (χ4n) is 6.42. The minimum Gasteiger partial charge on any atom is -0.376 e. The van der Waals surface area contributed by atoms with Crippen molar-refractivity contribution in [1.29, 1.82) is 0 Å². The summed E-state index contributed by atoms with van der Waals surface area (Å²) in [4.78, 5) is 28.2. The molecule has 1 aromatic carbocycles. The van der Waals surface area contributed by atoms with Crippen molar-refractivity contribution in [2.45, 2.75) is 82.1 Å². The highest BCUT2D eigenvalue weighted by molar-refractivity contribution is 5.76. The van der Waals surface area contributed by atoms with Crippen LogP contribution in [0.1, 0.15) is 63.9 Å². The van der Waals surface area contributed by atoms with E-state index in [-0.39, 0.29) is 28.6 Å². The summed E-state index contributed by atoms with van der Waals surface area (Å²) < 4.78 is 12.8. The summed E-state index contributed by atoms with van der Waals surface area (Å²) in [7, 11) is 3.97. The molecule has 1 saturated carbocycles. The van der Waals surface area contributed by atoms with Crippen molar-refractivity contribution in [2.24, 2.45) is 0 Å². The lowest BCUT2D eigenvalue weighted by Gasteiger charge is -2.58. The molecule has 0 unspecified atom stereocenters. The average molecular weight is 473 g/mol. The minimum absolute atomic E-state index is 0.0670. The van der Waals surface area contributed by atoms with Crippen molar-refractivity contribution in [1.82, 2.24) is 10.2 Å². The average Bonchev–Trinajstić information content (AvgIpc) is 2.85. The van der Waals surface area contributed by atoms with E-state index in [0.717, 1.165) is 38.5 Å². The standard InChI is InChI=1S/C27H41N3O4/c1-5-28-26(32)29-17-9-16-27(19-34-20(2)25(31)30(27,3)4)24(29)18-33-23-14-12-22(13-15-23)21-10-7-6-8-11-21/h6-8,10-11,20,22-24H,5,9,12-19H2,1-4H3/p+1/t20-,22?,23?,24-,27+/m0/s1. The second-order valence-corrected chi connectivity index (χ2v) is 10.7. The van der Waals surface area contributed by atoms with E-state index in [1.165, 1.54) is 5.56 Å². The highest BCUT2D eigenvalue weighted by atomic mass is 16.5. The zero-order valence-corrected chi connectivity index (χ0v) is 21.3. The van der Waals surface area contributed by atoms with Crippen LogP contribution in [-0.2, 0) is 14.3 Å². The number of hydrogen-bond acceptors (Lipinski definition) is 4. The molecule has 34 heavy (non-hydrogen) atoms. The largest absolute Gasteiger partial charge is 0.376 e. The fraction of sp³-hybridized carbons (Fsp3) is 0.704. The number of piperidine rings is 1. The summed E-state index contributed by atoms with van der Waals surface area (Å²) >= 11 is 0. The molecule has 7 heteroatoms. The van der Waals surface area contributed by atoms with E-state index in [1.807, 2.05) is 32.8 Å². The Labute approximate surface area is 204 Å². The summed E-state index contributed by atoms with van der Waals surface area (Å²) in [5, 5.41) is 2.98. The van der Waals surface area contributed by atoms with Crippen molar-refractivity contribution in [2.75, 3.05) is 40.4 Å². The molecule has 1 aliphatic carbocycles. The van der Waals surface area contributed by atoms with E-state index in [2.05, 4.69) is 35.6 Å². The van der Waals surface area contributed by atoms with E-state index in [0.29, 0.717) is 32.2 Å². The van der Waals surface area contributed by atoms with Gasteiger partial charge in [0, 0.05) is 19.5 Å². The monoisotopic (exact) mass is 472 g/mol. The highest BCUT2D eigenvalue weighted by Crippen LogP contribution is 2.42. The number of carbonyl (C=O) groups excluding carboxylic acids is 2. The van der Waals surface area contributed by atoms with Gasteiger partial charge in [-0.15, -0.1) is 0 Å². The number of amides is 3. The van der Waals surface area contributed by atoms with Gasteiger partial charge in [0.1, 0.15) is 12.6 Å². The van der Waals surface area contributed by atoms with Gasteiger partial charge in [-0.3, -0.25) is 4.48 Å². The van der Waals surface area contributed by atoms with E-state index in [1.54, 1.807) is 0 Å². The third kappa shape index (κ3) is 4.62. The van der Waals surface area contributed by atoms with Crippen LogP contribution in [0.2, 0.25) is 0 Å². The third-order valence-electron chi connectivity index (χ3n) is 8.62.